The Bertz CT molecular complexity index is 444. The van der Waals surface area contributed by atoms with E-state index >= 15 is 0 Å². The van der Waals surface area contributed by atoms with Crippen LogP contribution in [0.3, 0.4) is 0 Å². The van der Waals surface area contributed by atoms with Crippen LogP contribution in [0.25, 0.3) is 0 Å². The average Bonchev–Trinajstić information content (AvgIpc) is 2.69. The number of hydrogen-bond acceptors (Lipinski definition) is 3. The van der Waals surface area contributed by atoms with Crippen molar-refractivity contribution in [1.82, 2.24) is 4.90 Å². The zero-order valence-electron chi connectivity index (χ0n) is 9.35. The third kappa shape index (κ3) is 2.34. The summed E-state index contributed by atoms with van der Waals surface area (Å²) in [5.41, 5.74) is 0.501. The van der Waals surface area contributed by atoms with Gasteiger partial charge in [-0.3, -0.25) is 14.5 Å². The van der Waals surface area contributed by atoms with Crippen molar-refractivity contribution in [2.45, 2.75) is 11.2 Å². The summed E-state index contributed by atoms with van der Waals surface area (Å²) in [6.45, 7) is 0.472. The molecule has 0 saturated carbocycles. The number of methoxy groups -OCH3 is 1. The number of amides is 2. The van der Waals surface area contributed by atoms with Gasteiger partial charge in [-0.1, -0.05) is 15.9 Å². The van der Waals surface area contributed by atoms with E-state index in [4.69, 9.17) is 4.74 Å². The van der Waals surface area contributed by atoms with E-state index in [0.717, 1.165) is 0 Å². The van der Waals surface area contributed by atoms with Gasteiger partial charge in [-0.05, 0) is 30.7 Å². The van der Waals surface area contributed by atoms with Gasteiger partial charge in [0.1, 0.15) is 5.75 Å². The number of likely N-dealkylation sites (tertiary alicyclic amines) is 1. The fraction of sp³-hybridized carbons (Fsp3) is 0.333. The van der Waals surface area contributed by atoms with E-state index < -0.39 is 0 Å². The molecule has 5 heteroatoms. The Morgan fingerprint density at radius 1 is 1.41 bits per heavy atom. The van der Waals surface area contributed by atoms with Crippen molar-refractivity contribution in [3.05, 3.63) is 29.8 Å². The van der Waals surface area contributed by atoms with Crippen LogP contribution in [-0.4, -0.2) is 35.2 Å². The first-order valence-electron chi connectivity index (χ1n) is 5.27. The molecule has 90 valence electrons. The predicted octanol–water partition coefficient (Wildman–Crippen LogP) is 1.83. The lowest BCUT2D eigenvalue weighted by atomic mass is 10.2. The monoisotopic (exact) mass is 297 g/mol. The molecule has 0 aliphatic carbocycles. The van der Waals surface area contributed by atoms with Crippen molar-refractivity contribution < 1.29 is 14.3 Å². The van der Waals surface area contributed by atoms with E-state index in [9.17, 15) is 9.59 Å². The minimum absolute atomic E-state index is 0.161. The molecule has 0 bridgehead atoms. The van der Waals surface area contributed by atoms with Crippen LogP contribution in [-0.2, 0) is 4.79 Å². The Kier molecular flexibility index (Phi) is 3.47. The fourth-order valence-corrected chi connectivity index (χ4v) is 2.19. The molecule has 0 N–H and O–H groups in total. The summed E-state index contributed by atoms with van der Waals surface area (Å²) in [6.07, 6.45) is 0.667. The van der Waals surface area contributed by atoms with E-state index in [1.807, 2.05) is 0 Å². The molecule has 0 aromatic heterocycles. The Labute approximate surface area is 108 Å². The van der Waals surface area contributed by atoms with E-state index in [0.29, 0.717) is 24.3 Å². The summed E-state index contributed by atoms with van der Waals surface area (Å²) in [6, 6.07) is 6.74. The molecule has 17 heavy (non-hydrogen) atoms. The van der Waals surface area contributed by atoms with Crippen molar-refractivity contribution in [3.63, 3.8) is 0 Å². The lowest BCUT2D eigenvalue weighted by Gasteiger charge is -2.13. The summed E-state index contributed by atoms with van der Waals surface area (Å²) >= 11 is 3.24. The summed E-state index contributed by atoms with van der Waals surface area (Å²) in [5, 5.41) is 0. The molecular weight excluding hydrogens is 286 g/mol. The topological polar surface area (TPSA) is 46.6 Å². The third-order valence-corrected chi connectivity index (χ3v) is 3.57. The van der Waals surface area contributed by atoms with Crippen molar-refractivity contribution in [2.24, 2.45) is 0 Å². The largest absolute Gasteiger partial charge is 0.497 e. The number of nitrogens with zero attached hydrogens (tertiary/aromatic N) is 1. The minimum atomic E-state index is -0.250. The molecule has 2 rings (SSSR count). The smallest absolute Gasteiger partial charge is 0.260 e. The number of carbonyl (C=O) groups excluding carboxylic acids is 2. The lowest BCUT2D eigenvalue weighted by molar-refractivity contribution is -0.124. The first-order valence-corrected chi connectivity index (χ1v) is 6.19. The van der Waals surface area contributed by atoms with Crippen LogP contribution >= 0.6 is 15.9 Å². The van der Waals surface area contributed by atoms with Crippen LogP contribution in [0.2, 0.25) is 0 Å². The molecule has 1 aliphatic heterocycles. The van der Waals surface area contributed by atoms with E-state index in [1.54, 1.807) is 31.4 Å². The van der Waals surface area contributed by atoms with Crippen LogP contribution < -0.4 is 4.74 Å². The first-order chi connectivity index (χ1) is 8.13. The molecule has 0 radical (unpaired) electrons. The molecule has 1 aliphatic rings. The van der Waals surface area contributed by atoms with Gasteiger partial charge in [-0.25, -0.2) is 0 Å². The van der Waals surface area contributed by atoms with E-state index in [1.165, 1.54) is 4.90 Å². The summed E-state index contributed by atoms with van der Waals surface area (Å²) in [5.74, 6) is 0.276. The first kappa shape index (κ1) is 12.1. The van der Waals surface area contributed by atoms with Gasteiger partial charge in [-0.2, -0.15) is 0 Å². The van der Waals surface area contributed by atoms with Crippen LogP contribution in [0.15, 0.2) is 24.3 Å². The molecule has 1 aromatic rings. The number of carbonyl (C=O) groups is 2. The van der Waals surface area contributed by atoms with Gasteiger partial charge in [0, 0.05) is 12.1 Å². The van der Waals surface area contributed by atoms with Crippen molar-refractivity contribution in [3.8, 4) is 5.75 Å². The van der Waals surface area contributed by atoms with Crippen molar-refractivity contribution in [2.75, 3.05) is 13.7 Å². The number of ether oxygens (including phenoxy) is 1. The van der Waals surface area contributed by atoms with Gasteiger partial charge < -0.3 is 4.74 Å². The van der Waals surface area contributed by atoms with E-state index in [2.05, 4.69) is 15.9 Å². The molecule has 1 saturated heterocycles. The highest BCUT2D eigenvalue weighted by molar-refractivity contribution is 9.10. The quantitative estimate of drug-likeness (QED) is 0.618. The van der Waals surface area contributed by atoms with Crippen LogP contribution in [0.1, 0.15) is 16.8 Å². The molecule has 4 nitrogen and oxygen atoms in total. The normalized spacial score (nSPS) is 19.5. The second kappa shape index (κ2) is 4.87. The van der Waals surface area contributed by atoms with Crippen molar-refractivity contribution in [1.29, 1.82) is 0 Å². The highest BCUT2D eigenvalue weighted by atomic mass is 79.9. The number of halogens is 1. The Morgan fingerprint density at radius 3 is 2.53 bits per heavy atom. The maximum absolute atomic E-state index is 12.0. The van der Waals surface area contributed by atoms with Crippen LogP contribution in [0, 0.1) is 0 Å². The van der Waals surface area contributed by atoms with Gasteiger partial charge in [0.25, 0.3) is 5.91 Å². The zero-order valence-corrected chi connectivity index (χ0v) is 10.9. The standard InChI is InChI=1S/C12H12BrNO3/c1-17-9-4-2-8(3-5-9)11(15)14-7-6-10(13)12(14)16/h2-5,10H,6-7H2,1H3/t10-/m0/s1. The maximum Gasteiger partial charge on any atom is 0.260 e. The van der Waals surface area contributed by atoms with Crippen LogP contribution in [0.4, 0.5) is 0 Å². The second-order valence-corrected chi connectivity index (χ2v) is 4.89. The minimum Gasteiger partial charge on any atom is -0.497 e. The Morgan fingerprint density at radius 2 is 2.06 bits per heavy atom. The highest BCUT2D eigenvalue weighted by Crippen LogP contribution is 2.21. The molecule has 1 heterocycles. The Hall–Kier alpha value is -1.36. The van der Waals surface area contributed by atoms with Crippen LogP contribution in [0.5, 0.6) is 5.75 Å². The molecular formula is C12H12BrNO3. The summed E-state index contributed by atoms with van der Waals surface area (Å²) in [4.78, 5) is 24.8. The average molecular weight is 298 g/mol. The number of imide groups is 1. The SMILES string of the molecule is COc1ccc(C(=O)N2CC[C@H](Br)C2=O)cc1. The zero-order chi connectivity index (χ0) is 12.4. The Balaban J connectivity index is 2.17. The molecule has 0 unspecified atom stereocenters. The third-order valence-electron chi connectivity index (χ3n) is 2.72. The van der Waals surface area contributed by atoms with Gasteiger partial charge in [0.2, 0.25) is 5.91 Å². The van der Waals surface area contributed by atoms with Gasteiger partial charge in [0.05, 0.1) is 11.9 Å². The summed E-state index contributed by atoms with van der Waals surface area (Å²) in [7, 11) is 1.57. The number of benzene rings is 1. The number of alkyl halides is 1. The number of rotatable bonds is 2. The summed E-state index contributed by atoms with van der Waals surface area (Å²) < 4.78 is 5.01. The molecule has 0 spiro atoms. The molecule has 1 atom stereocenters. The van der Waals surface area contributed by atoms with E-state index in [-0.39, 0.29) is 16.6 Å². The molecule has 1 fully saturated rings. The molecule has 2 amide bonds. The lowest BCUT2D eigenvalue weighted by Crippen LogP contribution is -2.33. The maximum atomic E-state index is 12.0. The highest BCUT2D eigenvalue weighted by Gasteiger charge is 2.34. The second-order valence-electron chi connectivity index (χ2n) is 3.78. The predicted molar refractivity (Wildman–Crippen MR) is 66.4 cm³/mol. The fourth-order valence-electron chi connectivity index (χ4n) is 1.74. The number of hydrogen-bond donors (Lipinski definition) is 0. The van der Waals surface area contributed by atoms with Crippen molar-refractivity contribution >= 4 is 27.7 Å². The van der Waals surface area contributed by atoms with Gasteiger partial charge in [0.15, 0.2) is 0 Å². The van der Waals surface area contributed by atoms with Gasteiger partial charge in [-0.15, -0.1) is 0 Å². The molecule has 1 aromatic carbocycles. The van der Waals surface area contributed by atoms with Gasteiger partial charge >= 0.3 is 0 Å².